The molecule has 0 aromatic carbocycles. The van der Waals surface area contributed by atoms with E-state index in [1.807, 2.05) is 13.1 Å². The number of hydrogen-bond acceptors (Lipinski definition) is 3. The molecule has 1 saturated heterocycles. The first kappa shape index (κ1) is 13.6. The van der Waals surface area contributed by atoms with Crippen LogP contribution in [0.5, 0.6) is 0 Å². The highest BCUT2D eigenvalue weighted by molar-refractivity contribution is 5.95. The summed E-state index contributed by atoms with van der Waals surface area (Å²) in [5.41, 5.74) is 0.858. The fourth-order valence-corrected chi connectivity index (χ4v) is 3.12. The molecule has 0 saturated carbocycles. The topological polar surface area (TPSA) is 29.5 Å². The molecule has 2 aliphatic heterocycles. The minimum atomic E-state index is 0.128. The van der Waals surface area contributed by atoms with E-state index >= 15 is 0 Å². The number of hydrogen-bond donors (Lipinski definition) is 0. The molecule has 2 heterocycles. The lowest BCUT2D eigenvalue weighted by atomic mass is 9.90. The number of ether oxygens (including phenoxy) is 1. The normalized spacial score (nSPS) is 41.2. The summed E-state index contributed by atoms with van der Waals surface area (Å²) in [4.78, 5) is 14.0. The predicted molar refractivity (Wildman–Crippen MR) is 72.0 cm³/mol. The van der Waals surface area contributed by atoms with Crippen LogP contribution in [0.25, 0.3) is 0 Å². The van der Waals surface area contributed by atoms with Crippen molar-refractivity contribution in [3.8, 4) is 0 Å². The first-order valence-electron chi connectivity index (χ1n) is 7.10. The maximum atomic E-state index is 11.7. The summed E-state index contributed by atoms with van der Waals surface area (Å²) in [7, 11) is 0. The van der Waals surface area contributed by atoms with Crippen molar-refractivity contribution in [3.63, 3.8) is 0 Å². The van der Waals surface area contributed by atoms with E-state index in [9.17, 15) is 4.79 Å². The third-order valence-corrected chi connectivity index (χ3v) is 4.65. The van der Waals surface area contributed by atoms with E-state index in [-0.39, 0.29) is 18.1 Å². The van der Waals surface area contributed by atoms with Crippen LogP contribution in [0.1, 0.15) is 47.5 Å². The molecule has 0 aliphatic carbocycles. The summed E-state index contributed by atoms with van der Waals surface area (Å²) in [5.74, 6) is 1.36. The largest absolute Gasteiger partial charge is 0.355 e. The molecular weight excluding hydrogens is 226 g/mol. The van der Waals surface area contributed by atoms with Gasteiger partial charge in [-0.3, -0.25) is 4.79 Å². The summed E-state index contributed by atoms with van der Waals surface area (Å²) >= 11 is 0. The standard InChI is InChI=1S/C15H25NO2/c1-6-14-11(4)12(5)15(18-14)16-8-9(2)13(17)7-10(16)3/h8,10-12,14-15H,6-7H2,1-5H3. The van der Waals surface area contributed by atoms with Crippen molar-refractivity contribution in [3.05, 3.63) is 11.8 Å². The minimum absolute atomic E-state index is 0.128. The molecule has 18 heavy (non-hydrogen) atoms. The van der Waals surface area contributed by atoms with Crippen molar-refractivity contribution in [1.82, 2.24) is 4.90 Å². The Morgan fingerprint density at radius 2 is 2.00 bits per heavy atom. The molecule has 1 fully saturated rings. The van der Waals surface area contributed by atoms with Gasteiger partial charge in [-0.25, -0.2) is 0 Å². The molecule has 0 spiro atoms. The van der Waals surface area contributed by atoms with Crippen molar-refractivity contribution in [2.24, 2.45) is 11.8 Å². The van der Waals surface area contributed by atoms with Crippen LogP contribution >= 0.6 is 0 Å². The maximum Gasteiger partial charge on any atom is 0.162 e. The summed E-state index contributed by atoms with van der Waals surface area (Å²) < 4.78 is 6.20. The average Bonchev–Trinajstić information content (AvgIpc) is 2.61. The van der Waals surface area contributed by atoms with Crippen LogP contribution in [0.15, 0.2) is 11.8 Å². The van der Waals surface area contributed by atoms with Crippen molar-refractivity contribution < 1.29 is 9.53 Å². The van der Waals surface area contributed by atoms with Crippen LogP contribution in [-0.2, 0) is 9.53 Å². The van der Waals surface area contributed by atoms with Gasteiger partial charge < -0.3 is 9.64 Å². The zero-order valence-corrected chi connectivity index (χ0v) is 12.1. The van der Waals surface area contributed by atoms with Crippen molar-refractivity contribution >= 4 is 5.78 Å². The van der Waals surface area contributed by atoms with Crippen LogP contribution in [0, 0.1) is 11.8 Å². The molecule has 5 unspecified atom stereocenters. The lowest BCUT2D eigenvalue weighted by molar-refractivity contribution is -0.120. The summed E-state index contributed by atoms with van der Waals surface area (Å²) in [6.45, 7) is 10.7. The summed E-state index contributed by atoms with van der Waals surface area (Å²) in [6.07, 6.45) is 4.15. The van der Waals surface area contributed by atoms with Gasteiger partial charge in [0.15, 0.2) is 5.78 Å². The fraction of sp³-hybridized carbons (Fsp3) is 0.800. The smallest absolute Gasteiger partial charge is 0.162 e. The number of Topliss-reactive ketones (excluding diaryl/α,β-unsaturated/α-hetero) is 1. The molecule has 0 aromatic heterocycles. The van der Waals surface area contributed by atoms with Gasteiger partial charge >= 0.3 is 0 Å². The van der Waals surface area contributed by atoms with E-state index in [0.717, 1.165) is 12.0 Å². The third kappa shape index (κ3) is 2.20. The zero-order valence-electron chi connectivity index (χ0n) is 12.1. The molecule has 3 heteroatoms. The van der Waals surface area contributed by atoms with Crippen LogP contribution < -0.4 is 0 Å². The highest BCUT2D eigenvalue weighted by atomic mass is 16.5. The predicted octanol–water partition coefficient (Wildman–Crippen LogP) is 2.96. The number of ketones is 1. The number of carbonyl (C=O) groups excluding carboxylic acids is 1. The second-order valence-electron chi connectivity index (χ2n) is 5.93. The Labute approximate surface area is 110 Å². The van der Waals surface area contributed by atoms with Gasteiger partial charge in [-0.1, -0.05) is 20.8 Å². The molecule has 0 amide bonds. The van der Waals surface area contributed by atoms with Crippen LogP contribution in [0.4, 0.5) is 0 Å². The molecule has 102 valence electrons. The van der Waals surface area contributed by atoms with Crippen molar-refractivity contribution in [1.29, 1.82) is 0 Å². The lowest BCUT2D eigenvalue weighted by Crippen LogP contribution is -2.44. The van der Waals surface area contributed by atoms with Gasteiger partial charge in [0.25, 0.3) is 0 Å². The molecule has 0 bridgehead atoms. The van der Waals surface area contributed by atoms with Gasteiger partial charge in [0.2, 0.25) is 0 Å². The van der Waals surface area contributed by atoms with Crippen LogP contribution in [0.2, 0.25) is 0 Å². The van der Waals surface area contributed by atoms with Crippen LogP contribution in [0.3, 0.4) is 0 Å². The van der Waals surface area contributed by atoms with Crippen molar-refractivity contribution in [2.45, 2.75) is 65.8 Å². The van der Waals surface area contributed by atoms with E-state index in [1.165, 1.54) is 0 Å². The molecule has 3 nitrogen and oxygen atoms in total. The number of rotatable bonds is 2. The summed E-state index contributed by atoms with van der Waals surface area (Å²) in [6, 6.07) is 0.247. The van der Waals surface area contributed by atoms with Gasteiger partial charge in [-0.05, 0) is 26.2 Å². The Bertz CT molecular complexity index is 364. The molecule has 0 aromatic rings. The zero-order chi connectivity index (χ0) is 13.4. The first-order chi connectivity index (χ1) is 8.45. The van der Waals surface area contributed by atoms with E-state index in [0.29, 0.717) is 24.4 Å². The Morgan fingerprint density at radius 1 is 1.33 bits per heavy atom. The molecule has 5 atom stereocenters. The highest BCUT2D eigenvalue weighted by Gasteiger charge is 2.42. The second-order valence-corrected chi connectivity index (χ2v) is 5.93. The van der Waals surface area contributed by atoms with Crippen molar-refractivity contribution in [2.75, 3.05) is 0 Å². The minimum Gasteiger partial charge on any atom is -0.355 e. The Morgan fingerprint density at radius 3 is 2.56 bits per heavy atom. The highest BCUT2D eigenvalue weighted by Crippen LogP contribution is 2.37. The Balaban J connectivity index is 2.19. The maximum absolute atomic E-state index is 11.7. The quantitative estimate of drug-likeness (QED) is 0.755. The second kappa shape index (κ2) is 5.04. The van der Waals surface area contributed by atoms with Crippen LogP contribution in [-0.4, -0.2) is 29.1 Å². The SMILES string of the molecule is CCC1OC(N2C=C(C)C(=O)CC2C)C(C)C1C. The first-order valence-corrected chi connectivity index (χ1v) is 7.10. The van der Waals surface area contributed by atoms with E-state index < -0.39 is 0 Å². The molecule has 0 radical (unpaired) electrons. The molecule has 0 N–H and O–H groups in total. The monoisotopic (exact) mass is 251 g/mol. The van der Waals surface area contributed by atoms with Gasteiger partial charge in [0, 0.05) is 30.2 Å². The Kier molecular flexibility index (Phi) is 3.81. The van der Waals surface area contributed by atoms with Gasteiger partial charge in [-0.15, -0.1) is 0 Å². The number of allylic oxidation sites excluding steroid dienone is 1. The average molecular weight is 251 g/mol. The molecule has 2 rings (SSSR count). The molecular formula is C15H25NO2. The third-order valence-electron chi connectivity index (χ3n) is 4.65. The van der Waals surface area contributed by atoms with E-state index in [1.54, 1.807) is 0 Å². The Hall–Kier alpha value is -0.830. The number of nitrogens with zero attached hydrogens (tertiary/aromatic N) is 1. The van der Waals surface area contributed by atoms with E-state index in [2.05, 4.69) is 32.6 Å². The molecule has 2 aliphatic rings. The van der Waals surface area contributed by atoms with Gasteiger partial charge in [0.05, 0.1) is 6.10 Å². The lowest BCUT2D eigenvalue weighted by Gasteiger charge is -2.38. The number of carbonyl (C=O) groups is 1. The fourth-order valence-electron chi connectivity index (χ4n) is 3.12. The van der Waals surface area contributed by atoms with E-state index in [4.69, 9.17) is 4.74 Å². The van der Waals surface area contributed by atoms with Gasteiger partial charge in [-0.2, -0.15) is 0 Å². The van der Waals surface area contributed by atoms with Gasteiger partial charge in [0.1, 0.15) is 6.23 Å². The summed E-state index contributed by atoms with van der Waals surface area (Å²) in [5, 5.41) is 0.